The zero-order chi connectivity index (χ0) is 11.4. The third-order valence-corrected chi connectivity index (χ3v) is 4.45. The van der Waals surface area contributed by atoms with Gasteiger partial charge in [0, 0.05) is 18.4 Å². The zero-order valence-electron chi connectivity index (χ0n) is 10.3. The Morgan fingerprint density at radius 1 is 1.56 bits per heavy atom. The molecule has 4 heteroatoms. The molecule has 2 fully saturated rings. The Balaban J connectivity index is 1.74. The summed E-state index contributed by atoms with van der Waals surface area (Å²) in [6.45, 7) is 6.00. The molecule has 3 nitrogen and oxygen atoms in total. The van der Waals surface area contributed by atoms with E-state index in [0.29, 0.717) is 12.0 Å². The molecule has 1 N–H and O–H groups in total. The first-order chi connectivity index (χ1) is 7.70. The van der Waals surface area contributed by atoms with E-state index in [0.717, 1.165) is 31.8 Å². The van der Waals surface area contributed by atoms with Crippen molar-refractivity contribution in [3.8, 4) is 0 Å². The van der Waals surface area contributed by atoms with Crippen molar-refractivity contribution in [3.63, 3.8) is 0 Å². The van der Waals surface area contributed by atoms with Crippen molar-refractivity contribution in [2.75, 3.05) is 24.7 Å². The highest BCUT2D eigenvalue weighted by Gasteiger charge is 2.40. The van der Waals surface area contributed by atoms with Crippen LogP contribution < -0.4 is 5.48 Å². The highest BCUT2D eigenvalue weighted by atomic mass is 32.2. The van der Waals surface area contributed by atoms with Crippen LogP contribution in [0.4, 0.5) is 0 Å². The zero-order valence-corrected chi connectivity index (χ0v) is 11.1. The summed E-state index contributed by atoms with van der Waals surface area (Å²) in [5.41, 5.74) is 3.37. The Morgan fingerprint density at radius 3 is 3.12 bits per heavy atom. The summed E-state index contributed by atoms with van der Waals surface area (Å²) in [5.74, 6) is 3.00. The van der Waals surface area contributed by atoms with Gasteiger partial charge in [0.1, 0.15) is 0 Å². The van der Waals surface area contributed by atoms with Gasteiger partial charge < -0.3 is 9.57 Å². The lowest BCUT2D eigenvalue weighted by Gasteiger charge is -2.37. The molecule has 0 amide bonds. The maximum atomic E-state index is 5.97. The SMILES string of the molecule is CC(C)CONC1CCOC2(CCSC2)C1. The van der Waals surface area contributed by atoms with Crippen molar-refractivity contribution >= 4 is 11.8 Å². The molecule has 0 aromatic rings. The lowest BCUT2D eigenvalue weighted by molar-refractivity contribution is -0.101. The van der Waals surface area contributed by atoms with Crippen LogP contribution in [0.15, 0.2) is 0 Å². The van der Waals surface area contributed by atoms with E-state index in [1.54, 1.807) is 0 Å². The van der Waals surface area contributed by atoms with E-state index in [9.17, 15) is 0 Å². The van der Waals surface area contributed by atoms with Crippen molar-refractivity contribution in [2.24, 2.45) is 5.92 Å². The first kappa shape index (κ1) is 12.7. The van der Waals surface area contributed by atoms with Gasteiger partial charge in [-0.2, -0.15) is 17.2 Å². The summed E-state index contributed by atoms with van der Waals surface area (Å²) in [5, 5.41) is 0. The minimum absolute atomic E-state index is 0.155. The standard InChI is InChI=1S/C12H23NO2S/c1-10(2)8-15-13-11-3-5-14-12(7-11)4-6-16-9-12/h10-11,13H,3-9H2,1-2H3. The largest absolute Gasteiger partial charge is 0.374 e. The van der Waals surface area contributed by atoms with Crippen molar-refractivity contribution in [2.45, 2.75) is 44.8 Å². The molecule has 0 saturated carbocycles. The second-order valence-electron chi connectivity index (χ2n) is 5.35. The van der Waals surface area contributed by atoms with Crippen molar-refractivity contribution in [1.82, 2.24) is 5.48 Å². The Hall–Kier alpha value is 0.230. The molecule has 0 aliphatic carbocycles. The fourth-order valence-electron chi connectivity index (χ4n) is 2.32. The molecule has 2 unspecified atom stereocenters. The molecular weight excluding hydrogens is 222 g/mol. The minimum Gasteiger partial charge on any atom is -0.374 e. The first-order valence-electron chi connectivity index (χ1n) is 6.29. The number of hydrogen-bond acceptors (Lipinski definition) is 4. The predicted molar refractivity (Wildman–Crippen MR) is 67.6 cm³/mol. The van der Waals surface area contributed by atoms with Crippen LogP contribution in [0.5, 0.6) is 0 Å². The van der Waals surface area contributed by atoms with Crippen molar-refractivity contribution in [3.05, 3.63) is 0 Å². The third-order valence-electron chi connectivity index (χ3n) is 3.23. The van der Waals surface area contributed by atoms with Gasteiger partial charge in [-0.15, -0.1) is 0 Å². The van der Waals surface area contributed by atoms with Crippen LogP contribution in [-0.4, -0.2) is 36.4 Å². The molecule has 0 aromatic carbocycles. The second-order valence-corrected chi connectivity index (χ2v) is 6.45. The molecular formula is C12H23NO2S. The molecule has 2 aliphatic rings. The summed E-state index contributed by atoms with van der Waals surface area (Å²) in [4.78, 5) is 5.52. The summed E-state index contributed by atoms with van der Waals surface area (Å²) in [6, 6.07) is 0.478. The van der Waals surface area contributed by atoms with Gasteiger partial charge in [0.15, 0.2) is 0 Å². The highest BCUT2D eigenvalue weighted by Crippen LogP contribution is 2.38. The Kier molecular flexibility index (Phi) is 4.53. The lowest BCUT2D eigenvalue weighted by Crippen LogP contribution is -2.47. The van der Waals surface area contributed by atoms with Crippen LogP contribution in [0.25, 0.3) is 0 Å². The van der Waals surface area contributed by atoms with E-state index >= 15 is 0 Å². The molecule has 94 valence electrons. The quantitative estimate of drug-likeness (QED) is 0.769. The molecule has 2 aliphatic heterocycles. The van der Waals surface area contributed by atoms with E-state index in [2.05, 4.69) is 19.3 Å². The van der Waals surface area contributed by atoms with Gasteiger partial charge in [-0.05, 0) is 30.9 Å². The molecule has 0 aromatic heterocycles. The molecule has 0 bridgehead atoms. The molecule has 1 spiro atoms. The summed E-state index contributed by atoms with van der Waals surface area (Å²) in [7, 11) is 0. The van der Waals surface area contributed by atoms with Crippen LogP contribution in [0.3, 0.4) is 0 Å². The maximum Gasteiger partial charge on any atom is 0.0796 e. The van der Waals surface area contributed by atoms with Gasteiger partial charge in [-0.3, -0.25) is 0 Å². The number of rotatable bonds is 4. The number of ether oxygens (including phenoxy) is 1. The Morgan fingerprint density at radius 2 is 2.44 bits per heavy atom. The lowest BCUT2D eigenvalue weighted by atomic mass is 9.90. The topological polar surface area (TPSA) is 30.5 Å². The van der Waals surface area contributed by atoms with Gasteiger partial charge in [-0.1, -0.05) is 13.8 Å². The Labute approximate surface area is 103 Å². The first-order valence-corrected chi connectivity index (χ1v) is 7.45. The van der Waals surface area contributed by atoms with E-state index in [1.807, 2.05) is 11.8 Å². The van der Waals surface area contributed by atoms with Crippen LogP contribution >= 0.6 is 11.8 Å². The fourth-order valence-corrected chi connectivity index (χ4v) is 3.70. The average Bonchev–Trinajstić information content (AvgIpc) is 2.66. The van der Waals surface area contributed by atoms with E-state index in [-0.39, 0.29) is 5.60 Å². The summed E-state index contributed by atoms with van der Waals surface area (Å²) >= 11 is 2.02. The Bertz CT molecular complexity index is 217. The molecule has 2 atom stereocenters. The van der Waals surface area contributed by atoms with Crippen LogP contribution in [0, 0.1) is 5.92 Å². The number of hydroxylamine groups is 1. The number of nitrogens with one attached hydrogen (secondary N) is 1. The molecule has 2 rings (SSSR count). The van der Waals surface area contributed by atoms with Crippen LogP contribution in [0.2, 0.25) is 0 Å². The van der Waals surface area contributed by atoms with Gasteiger partial charge in [0.2, 0.25) is 0 Å². The van der Waals surface area contributed by atoms with E-state index in [1.165, 1.54) is 12.2 Å². The molecule has 16 heavy (non-hydrogen) atoms. The van der Waals surface area contributed by atoms with Crippen LogP contribution in [-0.2, 0) is 9.57 Å². The molecule has 2 saturated heterocycles. The second kappa shape index (κ2) is 5.71. The number of hydrogen-bond donors (Lipinski definition) is 1. The van der Waals surface area contributed by atoms with E-state index in [4.69, 9.17) is 9.57 Å². The van der Waals surface area contributed by atoms with Gasteiger partial charge >= 0.3 is 0 Å². The normalized spacial score (nSPS) is 35.1. The smallest absolute Gasteiger partial charge is 0.0796 e. The van der Waals surface area contributed by atoms with Crippen LogP contribution in [0.1, 0.15) is 33.1 Å². The monoisotopic (exact) mass is 245 g/mol. The summed E-state index contributed by atoms with van der Waals surface area (Å²) < 4.78 is 5.97. The molecule has 0 radical (unpaired) electrons. The van der Waals surface area contributed by atoms with Gasteiger partial charge in [0.05, 0.1) is 12.2 Å². The van der Waals surface area contributed by atoms with Crippen molar-refractivity contribution in [1.29, 1.82) is 0 Å². The van der Waals surface area contributed by atoms with E-state index < -0.39 is 0 Å². The minimum atomic E-state index is 0.155. The van der Waals surface area contributed by atoms with Gasteiger partial charge in [0.25, 0.3) is 0 Å². The average molecular weight is 245 g/mol. The molecule has 2 heterocycles. The predicted octanol–water partition coefficient (Wildman–Crippen LogP) is 2.22. The third kappa shape index (κ3) is 3.36. The fraction of sp³-hybridized carbons (Fsp3) is 1.00. The number of thioether (sulfide) groups is 1. The summed E-state index contributed by atoms with van der Waals surface area (Å²) in [6.07, 6.45) is 3.39. The van der Waals surface area contributed by atoms with Crippen molar-refractivity contribution < 1.29 is 9.57 Å². The maximum absolute atomic E-state index is 5.97. The highest BCUT2D eigenvalue weighted by molar-refractivity contribution is 7.99. The van der Waals surface area contributed by atoms with Gasteiger partial charge in [-0.25, -0.2) is 0 Å².